The maximum absolute atomic E-state index is 4.60. The predicted molar refractivity (Wildman–Crippen MR) is 62.6 cm³/mol. The molecular formula is C9H14N2S2. The van der Waals surface area contributed by atoms with Crippen LogP contribution in [0.5, 0.6) is 0 Å². The minimum Gasteiger partial charge on any atom is -0.201 e. The molecule has 0 amide bonds. The summed E-state index contributed by atoms with van der Waals surface area (Å²) in [7, 11) is 0. The molecular weight excluding hydrogens is 200 g/mol. The maximum Gasteiger partial charge on any atom is 0.170 e. The second-order valence-electron chi connectivity index (χ2n) is 2.89. The Morgan fingerprint density at radius 1 is 1.00 bits per heavy atom. The van der Waals surface area contributed by atoms with E-state index in [1.54, 1.807) is 0 Å². The van der Waals surface area contributed by atoms with Gasteiger partial charge in [-0.1, -0.05) is 26.7 Å². The molecule has 72 valence electrons. The van der Waals surface area contributed by atoms with Crippen LogP contribution in [-0.2, 0) is 0 Å². The third-order valence-electron chi connectivity index (χ3n) is 1.81. The molecule has 0 N–H and O–H groups in total. The highest BCUT2D eigenvalue weighted by Crippen LogP contribution is 2.25. The van der Waals surface area contributed by atoms with Gasteiger partial charge in [-0.15, -0.1) is 0 Å². The minimum atomic E-state index is -0.479. The van der Waals surface area contributed by atoms with Crippen molar-refractivity contribution in [2.24, 2.45) is 9.98 Å². The van der Waals surface area contributed by atoms with Crippen LogP contribution in [0.3, 0.4) is 0 Å². The number of hydrogen-bond acceptors (Lipinski definition) is 4. The highest BCUT2D eigenvalue weighted by atomic mass is 32.1. The monoisotopic (exact) mass is 214 g/mol. The Bertz CT molecular complexity index is 212. The van der Waals surface area contributed by atoms with Crippen molar-refractivity contribution in [2.75, 3.05) is 0 Å². The van der Waals surface area contributed by atoms with Gasteiger partial charge in [0.1, 0.15) is 0 Å². The lowest BCUT2D eigenvalue weighted by Crippen LogP contribution is -2.22. The van der Waals surface area contributed by atoms with Crippen molar-refractivity contribution in [3.63, 3.8) is 0 Å². The van der Waals surface area contributed by atoms with E-state index in [9.17, 15) is 0 Å². The van der Waals surface area contributed by atoms with Crippen molar-refractivity contribution >= 4 is 34.8 Å². The number of nitrogens with zero attached hydrogens (tertiary/aromatic N) is 2. The topological polar surface area (TPSA) is 24.7 Å². The Morgan fingerprint density at radius 3 is 1.62 bits per heavy atom. The third-order valence-corrected chi connectivity index (χ3v) is 1.99. The summed E-state index contributed by atoms with van der Waals surface area (Å²) < 4.78 is 0. The van der Waals surface area contributed by atoms with E-state index < -0.39 is 5.66 Å². The minimum absolute atomic E-state index is 0.479. The van der Waals surface area contributed by atoms with Crippen LogP contribution >= 0.6 is 24.4 Å². The highest BCUT2D eigenvalue weighted by Gasteiger charge is 2.25. The van der Waals surface area contributed by atoms with Gasteiger partial charge in [0, 0.05) is 0 Å². The Morgan fingerprint density at radius 2 is 1.38 bits per heavy atom. The molecule has 0 rings (SSSR count). The van der Waals surface area contributed by atoms with Gasteiger partial charge in [-0.2, -0.15) is 0 Å². The van der Waals surface area contributed by atoms with Crippen LogP contribution in [0.2, 0.25) is 0 Å². The Balaban J connectivity index is 4.77. The quantitative estimate of drug-likeness (QED) is 0.499. The second kappa shape index (κ2) is 7.05. The highest BCUT2D eigenvalue weighted by molar-refractivity contribution is 7.78. The fourth-order valence-corrected chi connectivity index (χ4v) is 1.68. The van der Waals surface area contributed by atoms with Crippen LogP contribution < -0.4 is 0 Å². The standard InChI is InChI=1S/C9H14N2S2/c1-3-5-9(6-4-2,10-7-12)11-8-13/h3-6H2,1-2H3. The fraction of sp³-hybridized carbons (Fsp3) is 0.778. The van der Waals surface area contributed by atoms with Gasteiger partial charge >= 0.3 is 0 Å². The van der Waals surface area contributed by atoms with Gasteiger partial charge in [-0.3, -0.25) is 0 Å². The average Bonchev–Trinajstić information content (AvgIpc) is 2.06. The smallest absolute Gasteiger partial charge is 0.170 e. The molecule has 0 radical (unpaired) electrons. The van der Waals surface area contributed by atoms with E-state index in [4.69, 9.17) is 0 Å². The molecule has 0 aromatic heterocycles. The van der Waals surface area contributed by atoms with Crippen molar-refractivity contribution in [2.45, 2.75) is 45.2 Å². The molecule has 0 aromatic carbocycles. The summed E-state index contributed by atoms with van der Waals surface area (Å²) in [4.78, 5) is 8.19. The molecule has 0 spiro atoms. The summed E-state index contributed by atoms with van der Waals surface area (Å²) in [5.74, 6) is 0. The lowest BCUT2D eigenvalue weighted by molar-refractivity contribution is 0.382. The summed E-state index contributed by atoms with van der Waals surface area (Å²) in [6.07, 6.45) is 3.71. The number of isothiocyanates is 2. The van der Waals surface area contributed by atoms with Crippen LogP contribution in [0.15, 0.2) is 9.98 Å². The van der Waals surface area contributed by atoms with Crippen molar-refractivity contribution in [3.8, 4) is 0 Å². The van der Waals surface area contributed by atoms with Gasteiger partial charge in [0.15, 0.2) is 5.66 Å². The molecule has 4 heteroatoms. The van der Waals surface area contributed by atoms with E-state index in [-0.39, 0.29) is 0 Å². The van der Waals surface area contributed by atoms with Gasteiger partial charge in [0.05, 0.1) is 10.3 Å². The second-order valence-corrected chi connectivity index (χ2v) is 3.25. The first-order chi connectivity index (χ1) is 6.24. The normalized spacial score (nSPS) is 10.0. The Hall–Kier alpha value is -0.400. The zero-order chi connectivity index (χ0) is 10.2. The summed E-state index contributed by atoms with van der Waals surface area (Å²) in [5.41, 5.74) is -0.479. The van der Waals surface area contributed by atoms with E-state index in [1.165, 1.54) is 0 Å². The molecule has 0 aliphatic rings. The molecule has 2 nitrogen and oxygen atoms in total. The van der Waals surface area contributed by atoms with Crippen molar-refractivity contribution < 1.29 is 0 Å². The first kappa shape index (κ1) is 12.6. The molecule has 0 saturated carbocycles. The van der Waals surface area contributed by atoms with E-state index in [0.29, 0.717) is 0 Å². The summed E-state index contributed by atoms with van der Waals surface area (Å²) in [5, 5.41) is 4.78. The van der Waals surface area contributed by atoms with Crippen molar-refractivity contribution in [1.29, 1.82) is 0 Å². The van der Waals surface area contributed by atoms with Crippen LogP contribution in [0.1, 0.15) is 39.5 Å². The zero-order valence-electron chi connectivity index (χ0n) is 8.04. The molecule has 13 heavy (non-hydrogen) atoms. The van der Waals surface area contributed by atoms with Crippen LogP contribution in [0, 0.1) is 0 Å². The SMILES string of the molecule is CCCC(CCC)(N=C=S)N=C=S. The molecule has 0 saturated heterocycles. The molecule has 0 bridgehead atoms. The van der Waals surface area contributed by atoms with Gasteiger partial charge in [0.25, 0.3) is 0 Å². The van der Waals surface area contributed by atoms with E-state index in [0.717, 1.165) is 25.7 Å². The molecule has 0 aromatic rings. The third kappa shape index (κ3) is 4.39. The van der Waals surface area contributed by atoms with Crippen LogP contribution in [0.4, 0.5) is 0 Å². The lowest BCUT2D eigenvalue weighted by Gasteiger charge is -2.21. The molecule has 0 aliphatic heterocycles. The van der Waals surface area contributed by atoms with Crippen LogP contribution in [-0.4, -0.2) is 16.0 Å². The van der Waals surface area contributed by atoms with Crippen LogP contribution in [0.25, 0.3) is 0 Å². The zero-order valence-corrected chi connectivity index (χ0v) is 9.67. The molecule has 0 atom stereocenters. The summed E-state index contributed by atoms with van der Waals surface area (Å²) >= 11 is 9.21. The van der Waals surface area contributed by atoms with E-state index in [1.807, 2.05) is 0 Å². The van der Waals surface area contributed by atoms with Gasteiger partial charge in [-0.05, 0) is 37.3 Å². The first-order valence-corrected chi connectivity index (χ1v) is 5.24. The summed E-state index contributed by atoms with van der Waals surface area (Å²) in [6, 6.07) is 0. The van der Waals surface area contributed by atoms with E-state index >= 15 is 0 Å². The van der Waals surface area contributed by atoms with E-state index in [2.05, 4.69) is 58.6 Å². The van der Waals surface area contributed by atoms with Gasteiger partial charge < -0.3 is 0 Å². The molecule has 0 fully saturated rings. The molecule has 0 unspecified atom stereocenters. The Labute approximate surface area is 90.2 Å². The average molecular weight is 214 g/mol. The number of hydrogen-bond donors (Lipinski definition) is 0. The van der Waals surface area contributed by atoms with Gasteiger partial charge in [0.2, 0.25) is 0 Å². The fourth-order valence-electron chi connectivity index (χ4n) is 1.34. The number of aliphatic imine (C=N–C) groups is 2. The van der Waals surface area contributed by atoms with Crippen molar-refractivity contribution in [1.82, 2.24) is 0 Å². The largest absolute Gasteiger partial charge is 0.201 e. The molecule has 0 aliphatic carbocycles. The number of thiocarbonyl (C=S) groups is 2. The predicted octanol–water partition coefficient (Wildman–Crippen LogP) is 3.49. The number of rotatable bonds is 6. The maximum atomic E-state index is 4.60. The molecule has 0 heterocycles. The lowest BCUT2D eigenvalue weighted by atomic mass is 10.0. The van der Waals surface area contributed by atoms with Crippen molar-refractivity contribution in [3.05, 3.63) is 0 Å². The first-order valence-electron chi connectivity index (χ1n) is 4.42. The summed E-state index contributed by atoms with van der Waals surface area (Å²) in [6.45, 7) is 4.17. The Kier molecular flexibility index (Phi) is 6.83. The van der Waals surface area contributed by atoms with Gasteiger partial charge in [-0.25, -0.2) is 9.98 Å².